The summed E-state index contributed by atoms with van der Waals surface area (Å²) in [4.78, 5) is 0. The number of benzene rings is 2. The molecule has 0 radical (unpaired) electrons. The van der Waals surface area contributed by atoms with Crippen LogP contribution in [0.1, 0.15) is 17.2 Å². The van der Waals surface area contributed by atoms with Crippen LogP contribution in [0.3, 0.4) is 0 Å². The predicted octanol–water partition coefficient (Wildman–Crippen LogP) is 3.20. The molecule has 0 fully saturated rings. The normalized spacial score (nSPS) is 14.6. The van der Waals surface area contributed by atoms with Crippen LogP contribution in [0.15, 0.2) is 36.4 Å². The molecular weight excluding hydrogens is 292 g/mol. The molecular formula is C16H15ClO4. The van der Waals surface area contributed by atoms with Gasteiger partial charge in [-0.15, -0.1) is 0 Å². The molecule has 0 spiro atoms. The third-order valence-electron chi connectivity index (χ3n) is 3.37. The summed E-state index contributed by atoms with van der Waals surface area (Å²) < 4.78 is 16.3. The molecule has 0 saturated heterocycles. The van der Waals surface area contributed by atoms with Crippen LogP contribution in [0.5, 0.6) is 17.2 Å². The summed E-state index contributed by atoms with van der Waals surface area (Å²) in [7, 11) is 1.56. The molecule has 0 amide bonds. The molecule has 1 N–H and O–H groups in total. The van der Waals surface area contributed by atoms with E-state index in [1.807, 2.05) is 0 Å². The van der Waals surface area contributed by atoms with Gasteiger partial charge in [-0.05, 0) is 35.9 Å². The number of halogens is 1. The minimum absolute atomic E-state index is 0.507. The summed E-state index contributed by atoms with van der Waals surface area (Å²) in [5.74, 6) is 1.91. The van der Waals surface area contributed by atoms with Gasteiger partial charge in [0.05, 0.1) is 7.11 Å². The summed E-state index contributed by atoms with van der Waals surface area (Å²) in [5.41, 5.74) is 1.31. The fourth-order valence-corrected chi connectivity index (χ4v) is 2.51. The molecule has 0 saturated carbocycles. The van der Waals surface area contributed by atoms with Crippen LogP contribution in [-0.4, -0.2) is 25.4 Å². The van der Waals surface area contributed by atoms with Crippen LogP contribution in [0.25, 0.3) is 0 Å². The van der Waals surface area contributed by atoms with Gasteiger partial charge in [-0.3, -0.25) is 0 Å². The van der Waals surface area contributed by atoms with Crippen molar-refractivity contribution in [3.8, 4) is 17.2 Å². The Morgan fingerprint density at radius 1 is 1.10 bits per heavy atom. The SMILES string of the molecule is COc1ccc(Cl)cc1C(O)c1ccc2c(c1)OCCO2. The monoisotopic (exact) mass is 306 g/mol. The van der Waals surface area contributed by atoms with Crippen LogP contribution < -0.4 is 14.2 Å². The van der Waals surface area contributed by atoms with E-state index in [0.717, 1.165) is 0 Å². The zero-order chi connectivity index (χ0) is 14.8. The molecule has 0 aliphatic carbocycles. The summed E-state index contributed by atoms with van der Waals surface area (Å²) >= 11 is 6.01. The number of aliphatic hydroxyl groups is 1. The average Bonchev–Trinajstić information content (AvgIpc) is 2.53. The number of rotatable bonds is 3. The van der Waals surface area contributed by atoms with Crippen molar-refractivity contribution >= 4 is 11.6 Å². The van der Waals surface area contributed by atoms with Crippen molar-refractivity contribution in [3.63, 3.8) is 0 Å². The van der Waals surface area contributed by atoms with Crippen LogP contribution in [0.2, 0.25) is 5.02 Å². The van der Waals surface area contributed by atoms with E-state index in [1.165, 1.54) is 0 Å². The number of hydrogen-bond acceptors (Lipinski definition) is 4. The van der Waals surface area contributed by atoms with Gasteiger partial charge in [0, 0.05) is 10.6 Å². The second-order valence-corrected chi connectivity index (χ2v) is 5.13. The van der Waals surface area contributed by atoms with Crippen molar-refractivity contribution in [2.75, 3.05) is 20.3 Å². The molecule has 1 aliphatic heterocycles. The highest BCUT2D eigenvalue weighted by atomic mass is 35.5. The largest absolute Gasteiger partial charge is 0.496 e. The molecule has 110 valence electrons. The minimum Gasteiger partial charge on any atom is -0.496 e. The van der Waals surface area contributed by atoms with Crippen LogP contribution in [-0.2, 0) is 0 Å². The van der Waals surface area contributed by atoms with Gasteiger partial charge in [-0.25, -0.2) is 0 Å². The van der Waals surface area contributed by atoms with Crippen molar-refractivity contribution < 1.29 is 19.3 Å². The number of aliphatic hydroxyl groups excluding tert-OH is 1. The molecule has 5 heteroatoms. The maximum Gasteiger partial charge on any atom is 0.161 e. The maximum atomic E-state index is 10.6. The summed E-state index contributed by atoms with van der Waals surface area (Å²) in [6, 6.07) is 10.5. The van der Waals surface area contributed by atoms with E-state index < -0.39 is 6.10 Å². The number of ether oxygens (including phenoxy) is 3. The van der Waals surface area contributed by atoms with Crippen LogP contribution in [0.4, 0.5) is 0 Å². The fraction of sp³-hybridized carbons (Fsp3) is 0.250. The van der Waals surface area contributed by atoms with Crippen molar-refractivity contribution in [2.24, 2.45) is 0 Å². The van der Waals surface area contributed by atoms with Crippen molar-refractivity contribution in [2.45, 2.75) is 6.10 Å². The Morgan fingerprint density at radius 2 is 1.86 bits per heavy atom. The van der Waals surface area contributed by atoms with Gasteiger partial charge in [-0.1, -0.05) is 17.7 Å². The van der Waals surface area contributed by atoms with Gasteiger partial charge in [0.1, 0.15) is 25.1 Å². The first-order chi connectivity index (χ1) is 10.2. The second-order valence-electron chi connectivity index (χ2n) is 4.69. The lowest BCUT2D eigenvalue weighted by molar-refractivity contribution is 0.169. The topological polar surface area (TPSA) is 47.9 Å². The summed E-state index contributed by atoms with van der Waals surface area (Å²) in [5, 5.41) is 11.1. The molecule has 1 unspecified atom stereocenters. The van der Waals surface area contributed by atoms with Gasteiger partial charge in [-0.2, -0.15) is 0 Å². The molecule has 0 aromatic heterocycles. The Morgan fingerprint density at radius 3 is 2.62 bits per heavy atom. The van der Waals surface area contributed by atoms with Gasteiger partial charge >= 0.3 is 0 Å². The first-order valence-electron chi connectivity index (χ1n) is 6.60. The van der Waals surface area contributed by atoms with Crippen molar-refractivity contribution in [3.05, 3.63) is 52.5 Å². The zero-order valence-electron chi connectivity index (χ0n) is 11.5. The number of fused-ring (bicyclic) bond motifs is 1. The Kier molecular flexibility index (Phi) is 3.90. The number of methoxy groups -OCH3 is 1. The van der Waals surface area contributed by atoms with Gasteiger partial charge < -0.3 is 19.3 Å². The van der Waals surface area contributed by atoms with E-state index >= 15 is 0 Å². The molecule has 2 aromatic rings. The third kappa shape index (κ3) is 2.77. The van der Waals surface area contributed by atoms with E-state index in [-0.39, 0.29) is 0 Å². The molecule has 3 rings (SSSR count). The molecule has 2 aromatic carbocycles. The standard InChI is InChI=1S/C16H15ClO4/c1-19-13-5-3-11(17)9-12(13)16(18)10-2-4-14-15(8-10)21-7-6-20-14/h2-5,8-9,16,18H,6-7H2,1H3. The second kappa shape index (κ2) is 5.84. The number of hydrogen-bond donors (Lipinski definition) is 1. The van der Waals surface area contributed by atoms with E-state index in [4.69, 9.17) is 25.8 Å². The van der Waals surface area contributed by atoms with Crippen molar-refractivity contribution in [1.82, 2.24) is 0 Å². The Labute approximate surface area is 127 Å². The molecule has 21 heavy (non-hydrogen) atoms. The zero-order valence-corrected chi connectivity index (χ0v) is 12.3. The quantitative estimate of drug-likeness (QED) is 0.946. The highest BCUT2D eigenvalue weighted by Crippen LogP contribution is 2.37. The first kappa shape index (κ1) is 14.0. The summed E-state index contributed by atoms with van der Waals surface area (Å²) in [6.07, 6.45) is -0.852. The van der Waals surface area contributed by atoms with Crippen LogP contribution in [0, 0.1) is 0 Å². The lowest BCUT2D eigenvalue weighted by Crippen LogP contribution is -2.15. The van der Waals surface area contributed by atoms with Gasteiger partial charge in [0.2, 0.25) is 0 Å². The van der Waals surface area contributed by atoms with E-state index in [2.05, 4.69) is 0 Å². The van der Waals surface area contributed by atoms with Crippen LogP contribution >= 0.6 is 11.6 Å². The molecule has 0 bridgehead atoms. The molecule has 1 atom stereocenters. The first-order valence-corrected chi connectivity index (χ1v) is 6.98. The van der Waals surface area contributed by atoms with E-state index in [1.54, 1.807) is 43.5 Å². The lowest BCUT2D eigenvalue weighted by Gasteiger charge is -2.21. The lowest BCUT2D eigenvalue weighted by atomic mass is 10.00. The Hall–Kier alpha value is -1.91. The van der Waals surface area contributed by atoms with Gasteiger partial charge in [0.25, 0.3) is 0 Å². The van der Waals surface area contributed by atoms with Gasteiger partial charge in [0.15, 0.2) is 11.5 Å². The highest BCUT2D eigenvalue weighted by molar-refractivity contribution is 6.30. The third-order valence-corrected chi connectivity index (χ3v) is 3.60. The Bertz CT molecular complexity index is 657. The maximum absolute atomic E-state index is 10.6. The van der Waals surface area contributed by atoms with Crippen molar-refractivity contribution in [1.29, 1.82) is 0 Å². The minimum atomic E-state index is -0.852. The van der Waals surface area contributed by atoms with E-state index in [9.17, 15) is 5.11 Å². The summed E-state index contributed by atoms with van der Waals surface area (Å²) in [6.45, 7) is 1.05. The molecule has 1 aliphatic rings. The van der Waals surface area contributed by atoms with E-state index in [0.29, 0.717) is 46.6 Å². The highest BCUT2D eigenvalue weighted by Gasteiger charge is 2.19. The molecule has 1 heterocycles. The Balaban J connectivity index is 1.98. The predicted molar refractivity (Wildman–Crippen MR) is 79.5 cm³/mol. The average molecular weight is 307 g/mol. The smallest absolute Gasteiger partial charge is 0.161 e. The fourth-order valence-electron chi connectivity index (χ4n) is 2.33. The molecule has 4 nitrogen and oxygen atoms in total.